The van der Waals surface area contributed by atoms with E-state index in [0.717, 1.165) is 10.9 Å². The second kappa shape index (κ2) is 4.77. The molecule has 0 aliphatic rings. The molecule has 3 nitrogen and oxygen atoms in total. The van der Waals surface area contributed by atoms with Gasteiger partial charge in [-0.15, -0.1) is 6.58 Å². The van der Waals surface area contributed by atoms with Crippen LogP contribution in [0.2, 0.25) is 0 Å². The molecule has 0 fully saturated rings. The molecule has 0 aliphatic carbocycles. The summed E-state index contributed by atoms with van der Waals surface area (Å²) in [5.74, 6) is 1.50. The Balaban J connectivity index is 2.58. The average Bonchev–Trinajstić information content (AvgIpc) is 2.15. The van der Waals surface area contributed by atoms with Gasteiger partial charge in [0.1, 0.15) is 0 Å². The molecule has 1 aromatic heterocycles. The van der Waals surface area contributed by atoms with E-state index in [0.29, 0.717) is 5.75 Å². The van der Waals surface area contributed by atoms with Crippen molar-refractivity contribution in [1.82, 2.24) is 9.97 Å². The predicted molar refractivity (Wildman–Crippen MR) is 49.5 cm³/mol. The van der Waals surface area contributed by atoms with Crippen molar-refractivity contribution in [1.29, 1.82) is 0 Å². The molecule has 0 amide bonds. The second-order valence-corrected chi connectivity index (χ2v) is 2.99. The molecule has 1 aromatic rings. The van der Waals surface area contributed by atoms with Crippen LogP contribution in [-0.4, -0.2) is 22.8 Å². The van der Waals surface area contributed by atoms with Crippen LogP contribution in [0.5, 0.6) is 5.75 Å². The summed E-state index contributed by atoms with van der Waals surface area (Å²) in [6, 6.07) is 0. The summed E-state index contributed by atoms with van der Waals surface area (Å²) in [4.78, 5) is 8.13. The Hall–Kier alpha value is -1.03. The van der Waals surface area contributed by atoms with Gasteiger partial charge in [-0.1, -0.05) is 17.8 Å². The molecule has 0 aliphatic heterocycles. The molecular weight excluding hydrogens is 172 g/mol. The highest BCUT2D eigenvalue weighted by Gasteiger charge is 1.95. The minimum absolute atomic E-state index is 0.679. The number of thioether (sulfide) groups is 1. The molecule has 12 heavy (non-hydrogen) atoms. The Bertz CT molecular complexity index is 248. The second-order valence-electron chi connectivity index (χ2n) is 2.01. The number of methoxy groups -OCH3 is 1. The summed E-state index contributed by atoms with van der Waals surface area (Å²) in [6.07, 6.45) is 5.12. The summed E-state index contributed by atoms with van der Waals surface area (Å²) in [5, 5.41) is 0.746. The van der Waals surface area contributed by atoms with Gasteiger partial charge < -0.3 is 4.74 Å². The summed E-state index contributed by atoms with van der Waals surface area (Å²) in [5.41, 5.74) is 0. The number of hydrogen-bond donors (Lipinski definition) is 0. The Morgan fingerprint density at radius 2 is 2.25 bits per heavy atom. The zero-order chi connectivity index (χ0) is 8.81. The third-order valence-corrected chi connectivity index (χ3v) is 2.04. The molecule has 0 atom stereocenters. The molecule has 1 heterocycles. The number of ether oxygens (including phenoxy) is 1. The Morgan fingerprint density at radius 1 is 1.58 bits per heavy atom. The lowest BCUT2D eigenvalue weighted by Gasteiger charge is -1.98. The molecule has 0 aromatic carbocycles. The van der Waals surface area contributed by atoms with Gasteiger partial charge in [0, 0.05) is 5.75 Å². The number of hydrogen-bond acceptors (Lipinski definition) is 4. The highest BCUT2D eigenvalue weighted by Crippen LogP contribution is 2.13. The first kappa shape index (κ1) is 9.06. The summed E-state index contributed by atoms with van der Waals surface area (Å²) < 4.78 is 4.92. The van der Waals surface area contributed by atoms with Gasteiger partial charge in [0.2, 0.25) is 0 Å². The van der Waals surface area contributed by atoms with E-state index in [1.54, 1.807) is 31.3 Å². The van der Waals surface area contributed by atoms with Crippen LogP contribution in [0, 0.1) is 0 Å². The van der Waals surface area contributed by atoms with Crippen molar-refractivity contribution in [3.8, 4) is 5.75 Å². The fraction of sp³-hybridized carbons (Fsp3) is 0.250. The van der Waals surface area contributed by atoms with Crippen molar-refractivity contribution in [2.45, 2.75) is 5.16 Å². The lowest BCUT2D eigenvalue weighted by atomic mass is 10.6. The maximum atomic E-state index is 4.92. The van der Waals surface area contributed by atoms with Crippen molar-refractivity contribution < 1.29 is 4.74 Å². The van der Waals surface area contributed by atoms with Crippen LogP contribution in [0.4, 0.5) is 0 Å². The van der Waals surface area contributed by atoms with E-state index in [1.807, 2.05) is 6.08 Å². The SMILES string of the molecule is C=CCSc1ncc(OC)cn1. The van der Waals surface area contributed by atoms with Gasteiger partial charge >= 0.3 is 0 Å². The smallest absolute Gasteiger partial charge is 0.188 e. The van der Waals surface area contributed by atoms with E-state index in [1.165, 1.54) is 0 Å². The van der Waals surface area contributed by atoms with E-state index in [-0.39, 0.29) is 0 Å². The Morgan fingerprint density at radius 3 is 2.75 bits per heavy atom. The van der Waals surface area contributed by atoms with Crippen molar-refractivity contribution in [3.63, 3.8) is 0 Å². The van der Waals surface area contributed by atoms with Gasteiger partial charge in [0.25, 0.3) is 0 Å². The first-order valence-electron chi connectivity index (χ1n) is 3.46. The number of aromatic nitrogens is 2. The van der Waals surface area contributed by atoms with Gasteiger partial charge in [0.15, 0.2) is 10.9 Å². The van der Waals surface area contributed by atoms with Crippen LogP contribution in [0.15, 0.2) is 30.2 Å². The minimum Gasteiger partial charge on any atom is -0.494 e. The minimum atomic E-state index is 0.679. The van der Waals surface area contributed by atoms with Crippen molar-refractivity contribution in [3.05, 3.63) is 25.0 Å². The van der Waals surface area contributed by atoms with Gasteiger partial charge in [-0.2, -0.15) is 0 Å². The first-order valence-corrected chi connectivity index (χ1v) is 4.45. The summed E-state index contributed by atoms with van der Waals surface area (Å²) in [7, 11) is 1.59. The molecule has 0 radical (unpaired) electrons. The predicted octanol–water partition coefficient (Wildman–Crippen LogP) is 1.76. The molecule has 0 saturated carbocycles. The fourth-order valence-corrected chi connectivity index (χ4v) is 1.14. The third kappa shape index (κ3) is 2.54. The Labute approximate surface area is 75.9 Å². The topological polar surface area (TPSA) is 35.0 Å². The molecular formula is C8H10N2OS. The molecule has 0 saturated heterocycles. The van der Waals surface area contributed by atoms with Gasteiger partial charge in [-0.3, -0.25) is 0 Å². The van der Waals surface area contributed by atoms with E-state index in [9.17, 15) is 0 Å². The molecule has 1 rings (SSSR count). The number of rotatable bonds is 4. The first-order chi connectivity index (χ1) is 5.86. The Kier molecular flexibility index (Phi) is 3.60. The third-order valence-electron chi connectivity index (χ3n) is 1.17. The number of nitrogens with zero attached hydrogens (tertiary/aromatic N) is 2. The van der Waals surface area contributed by atoms with E-state index in [2.05, 4.69) is 16.5 Å². The van der Waals surface area contributed by atoms with Crippen LogP contribution in [0.1, 0.15) is 0 Å². The van der Waals surface area contributed by atoms with Gasteiger partial charge in [-0.05, 0) is 0 Å². The van der Waals surface area contributed by atoms with E-state index in [4.69, 9.17) is 4.74 Å². The average molecular weight is 182 g/mol. The zero-order valence-electron chi connectivity index (χ0n) is 6.86. The lowest BCUT2D eigenvalue weighted by Crippen LogP contribution is -1.89. The maximum Gasteiger partial charge on any atom is 0.188 e. The van der Waals surface area contributed by atoms with Crippen LogP contribution in [-0.2, 0) is 0 Å². The van der Waals surface area contributed by atoms with E-state index < -0.39 is 0 Å². The summed E-state index contributed by atoms with van der Waals surface area (Å²) in [6.45, 7) is 3.61. The zero-order valence-corrected chi connectivity index (χ0v) is 7.67. The van der Waals surface area contributed by atoms with Crippen LogP contribution < -0.4 is 4.74 Å². The van der Waals surface area contributed by atoms with Crippen LogP contribution in [0.3, 0.4) is 0 Å². The standard InChI is InChI=1S/C8H10N2OS/c1-3-4-12-8-9-5-7(11-2)6-10-8/h3,5-6H,1,4H2,2H3. The quantitative estimate of drug-likeness (QED) is 0.404. The van der Waals surface area contributed by atoms with Crippen molar-refractivity contribution in [2.24, 2.45) is 0 Å². The molecule has 0 N–H and O–H groups in total. The summed E-state index contributed by atoms with van der Waals surface area (Å²) >= 11 is 1.54. The van der Waals surface area contributed by atoms with Crippen molar-refractivity contribution in [2.75, 3.05) is 12.9 Å². The largest absolute Gasteiger partial charge is 0.494 e. The maximum absolute atomic E-state index is 4.92. The highest BCUT2D eigenvalue weighted by atomic mass is 32.2. The van der Waals surface area contributed by atoms with Crippen LogP contribution >= 0.6 is 11.8 Å². The van der Waals surface area contributed by atoms with E-state index >= 15 is 0 Å². The van der Waals surface area contributed by atoms with Gasteiger partial charge in [-0.25, -0.2) is 9.97 Å². The highest BCUT2D eigenvalue weighted by molar-refractivity contribution is 7.99. The fourth-order valence-electron chi connectivity index (χ4n) is 0.618. The molecule has 0 bridgehead atoms. The monoisotopic (exact) mass is 182 g/mol. The molecule has 0 spiro atoms. The molecule has 64 valence electrons. The molecule has 4 heteroatoms. The van der Waals surface area contributed by atoms with Crippen molar-refractivity contribution >= 4 is 11.8 Å². The normalized spacial score (nSPS) is 9.42. The molecule has 0 unspecified atom stereocenters. The van der Waals surface area contributed by atoms with Crippen LogP contribution in [0.25, 0.3) is 0 Å². The van der Waals surface area contributed by atoms with Gasteiger partial charge in [0.05, 0.1) is 19.5 Å². The lowest BCUT2D eigenvalue weighted by molar-refractivity contribution is 0.409.